The molecule has 0 radical (unpaired) electrons. The summed E-state index contributed by atoms with van der Waals surface area (Å²) < 4.78 is 29.2. The summed E-state index contributed by atoms with van der Waals surface area (Å²) in [4.78, 5) is 32.7. The van der Waals surface area contributed by atoms with Crippen LogP contribution in [0.4, 0.5) is 5.69 Å². The van der Waals surface area contributed by atoms with Crippen molar-refractivity contribution >= 4 is 27.7 Å². The van der Waals surface area contributed by atoms with E-state index in [-0.39, 0.29) is 31.4 Å². The molecule has 1 aromatic carbocycles. The molecule has 0 atom stereocenters. The Balaban J connectivity index is 1.22. The van der Waals surface area contributed by atoms with Crippen molar-refractivity contribution in [2.45, 2.75) is 39.7 Å². The van der Waals surface area contributed by atoms with Gasteiger partial charge < -0.3 is 14.7 Å². The number of rotatable bonds is 6. The number of hydrogen-bond acceptors (Lipinski definition) is 6. The number of anilines is 1. The summed E-state index contributed by atoms with van der Waals surface area (Å²) in [5.41, 5.74) is 6.12. The lowest BCUT2D eigenvalue weighted by Gasteiger charge is -2.37. The Morgan fingerprint density at radius 3 is 2.26 bits per heavy atom. The lowest BCUT2D eigenvalue weighted by Crippen LogP contribution is -2.53. The number of amides is 2. The second-order valence-electron chi connectivity index (χ2n) is 10.9. The molecule has 39 heavy (non-hydrogen) atoms. The molecule has 3 heterocycles. The third-order valence-corrected chi connectivity index (χ3v) is 10.3. The van der Waals surface area contributed by atoms with Crippen molar-refractivity contribution in [1.82, 2.24) is 28.2 Å². The van der Waals surface area contributed by atoms with Gasteiger partial charge in [-0.15, -0.1) is 0 Å². The smallest absolute Gasteiger partial charge is 0.281 e. The number of hydrogen-bond donors (Lipinski definition) is 0. The quantitative estimate of drug-likeness (QED) is 0.523. The fraction of sp³-hybridized carbons (Fsp3) is 0.593. The third kappa shape index (κ3) is 5.29. The molecule has 1 aliphatic carbocycles. The van der Waals surface area contributed by atoms with Crippen LogP contribution in [0.25, 0.3) is 0 Å². The van der Waals surface area contributed by atoms with Crippen molar-refractivity contribution in [3.63, 3.8) is 0 Å². The molecule has 0 bridgehead atoms. The van der Waals surface area contributed by atoms with Gasteiger partial charge in [-0.2, -0.15) is 22.1 Å². The van der Waals surface area contributed by atoms with E-state index in [0.717, 1.165) is 43.6 Å². The molecule has 0 N–H and O–H groups in total. The Bertz CT molecular complexity index is 1350. The van der Waals surface area contributed by atoms with Gasteiger partial charge in [0.25, 0.3) is 16.1 Å². The van der Waals surface area contributed by atoms with Crippen molar-refractivity contribution in [2.24, 2.45) is 0 Å². The van der Waals surface area contributed by atoms with Crippen molar-refractivity contribution in [3.8, 4) is 0 Å². The van der Waals surface area contributed by atoms with Crippen LogP contribution >= 0.6 is 0 Å². The summed E-state index contributed by atoms with van der Waals surface area (Å²) in [5.74, 6) is -0.155. The van der Waals surface area contributed by atoms with E-state index in [2.05, 4.69) is 42.0 Å². The number of piperazine rings is 2. The normalized spacial score (nSPS) is 18.6. The number of nitrogens with zero attached hydrogens (tertiary/aromatic N) is 7. The van der Waals surface area contributed by atoms with Crippen molar-refractivity contribution in [2.75, 3.05) is 71.4 Å². The van der Waals surface area contributed by atoms with E-state index in [4.69, 9.17) is 0 Å². The van der Waals surface area contributed by atoms with Crippen molar-refractivity contribution in [1.29, 1.82) is 0 Å². The summed E-state index contributed by atoms with van der Waals surface area (Å²) in [6.45, 7) is 8.41. The summed E-state index contributed by atoms with van der Waals surface area (Å²) in [5, 5.41) is 4.65. The van der Waals surface area contributed by atoms with Gasteiger partial charge in [-0.25, -0.2) is 0 Å². The highest BCUT2D eigenvalue weighted by Crippen LogP contribution is 2.28. The Labute approximate surface area is 231 Å². The van der Waals surface area contributed by atoms with E-state index < -0.39 is 10.2 Å². The van der Waals surface area contributed by atoms with E-state index in [0.29, 0.717) is 31.9 Å². The van der Waals surface area contributed by atoms with E-state index >= 15 is 0 Å². The molecule has 2 amide bonds. The van der Waals surface area contributed by atoms with Gasteiger partial charge in [-0.05, 0) is 50.3 Å². The van der Waals surface area contributed by atoms with E-state index in [1.165, 1.54) is 39.5 Å². The first-order chi connectivity index (χ1) is 18.6. The van der Waals surface area contributed by atoms with Crippen LogP contribution in [0.5, 0.6) is 0 Å². The lowest BCUT2D eigenvalue weighted by atomic mass is 10.1. The molecule has 212 valence electrons. The average Bonchev–Trinajstić information content (AvgIpc) is 3.54. The van der Waals surface area contributed by atoms with E-state index in [1.54, 1.807) is 9.58 Å². The van der Waals surface area contributed by atoms with Crippen LogP contribution in [-0.2, 0) is 34.4 Å². The summed E-state index contributed by atoms with van der Waals surface area (Å²) in [7, 11) is -0.485. The predicted molar refractivity (Wildman–Crippen MR) is 149 cm³/mol. The molecule has 0 unspecified atom stereocenters. The third-order valence-electron chi connectivity index (χ3n) is 8.36. The molecular weight excluding hydrogens is 518 g/mol. The molecule has 2 fully saturated rings. The van der Waals surface area contributed by atoms with E-state index in [9.17, 15) is 18.0 Å². The average molecular weight is 558 g/mol. The van der Waals surface area contributed by atoms with E-state index in [1.807, 2.05) is 4.90 Å². The summed E-state index contributed by atoms with van der Waals surface area (Å²) >= 11 is 0. The maximum Gasteiger partial charge on any atom is 0.281 e. The van der Waals surface area contributed by atoms with Crippen molar-refractivity contribution < 1.29 is 18.0 Å². The Morgan fingerprint density at radius 1 is 0.923 bits per heavy atom. The van der Waals surface area contributed by atoms with Crippen LogP contribution in [0.3, 0.4) is 0 Å². The highest BCUT2D eigenvalue weighted by Gasteiger charge is 2.34. The molecule has 2 aliphatic heterocycles. The lowest BCUT2D eigenvalue weighted by molar-refractivity contribution is -0.132. The summed E-state index contributed by atoms with van der Waals surface area (Å²) in [6.07, 6.45) is 2.51. The van der Waals surface area contributed by atoms with Crippen LogP contribution in [0.15, 0.2) is 18.2 Å². The van der Waals surface area contributed by atoms with Gasteiger partial charge in [-0.1, -0.05) is 12.1 Å². The zero-order chi connectivity index (χ0) is 27.9. The van der Waals surface area contributed by atoms with Crippen LogP contribution in [-0.4, -0.2) is 115 Å². The maximum absolute atomic E-state index is 13.4. The number of carbonyl (C=O) groups excluding carboxylic acids is 2. The minimum absolute atomic E-state index is 0.0225. The van der Waals surface area contributed by atoms with Gasteiger partial charge in [0.1, 0.15) is 6.54 Å². The minimum Gasteiger partial charge on any atom is -0.368 e. The van der Waals surface area contributed by atoms with Gasteiger partial charge in [0.2, 0.25) is 5.91 Å². The standard InChI is InChI=1S/C27H39N7O4S/c1-20-7-5-9-23(21(20)2)30-11-13-31(14-12-30)25(35)19-34-24-10-6-8-22(24)26(28-34)27(36)32-15-17-33(18-16-32)39(37,38)29(3)4/h5,7,9H,6,8,10-19H2,1-4H3. The van der Waals surface area contributed by atoms with Gasteiger partial charge in [-0.3, -0.25) is 14.3 Å². The SMILES string of the molecule is Cc1cccc(N2CCN(C(=O)Cn3nc(C(=O)N4CCN(S(=O)(=O)N(C)C)CC4)c4c3CCC4)CC2)c1C. The summed E-state index contributed by atoms with van der Waals surface area (Å²) in [6, 6.07) is 6.35. The van der Waals surface area contributed by atoms with Gasteiger partial charge in [0.05, 0.1) is 0 Å². The topological polar surface area (TPSA) is 102 Å². The van der Waals surface area contributed by atoms with Crippen LogP contribution in [0, 0.1) is 13.8 Å². The first kappa shape index (κ1) is 27.6. The Hall–Kier alpha value is -2.96. The minimum atomic E-state index is -3.50. The highest BCUT2D eigenvalue weighted by molar-refractivity contribution is 7.86. The second kappa shape index (κ2) is 10.9. The number of carbonyl (C=O) groups is 2. The number of aromatic nitrogens is 2. The fourth-order valence-electron chi connectivity index (χ4n) is 5.82. The molecule has 0 saturated carbocycles. The second-order valence-corrected chi connectivity index (χ2v) is 13.0. The Kier molecular flexibility index (Phi) is 7.71. The van der Waals surface area contributed by atoms with Gasteiger partial charge >= 0.3 is 0 Å². The zero-order valence-electron chi connectivity index (χ0n) is 23.4. The van der Waals surface area contributed by atoms with Crippen LogP contribution in [0.1, 0.15) is 39.3 Å². The first-order valence-corrected chi connectivity index (χ1v) is 15.1. The molecular formula is C27H39N7O4S. The fourth-order valence-corrected chi connectivity index (χ4v) is 6.90. The molecule has 3 aliphatic rings. The number of fused-ring (bicyclic) bond motifs is 1. The maximum atomic E-state index is 13.4. The largest absolute Gasteiger partial charge is 0.368 e. The Morgan fingerprint density at radius 2 is 1.59 bits per heavy atom. The first-order valence-electron chi connectivity index (χ1n) is 13.7. The number of aryl methyl sites for hydroxylation is 1. The molecule has 11 nitrogen and oxygen atoms in total. The molecule has 2 aromatic rings. The molecule has 2 saturated heterocycles. The highest BCUT2D eigenvalue weighted by atomic mass is 32.2. The van der Waals surface area contributed by atoms with Crippen LogP contribution in [0.2, 0.25) is 0 Å². The molecule has 12 heteroatoms. The van der Waals surface area contributed by atoms with Gasteiger partial charge in [0, 0.05) is 83.4 Å². The van der Waals surface area contributed by atoms with Gasteiger partial charge in [0.15, 0.2) is 5.69 Å². The zero-order valence-corrected chi connectivity index (χ0v) is 24.2. The molecule has 5 rings (SSSR count). The van der Waals surface area contributed by atoms with Crippen molar-refractivity contribution in [3.05, 3.63) is 46.3 Å². The van der Waals surface area contributed by atoms with Crippen LogP contribution < -0.4 is 4.90 Å². The monoisotopic (exact) mass is 557 g/mol. The number of benzene rings is 1. The predicted octanol–water partition coefficient (Wildman–Crippen LogP) is 0.902. The molecule has 1 aromatic heterocycles. The molecule has 0 spiro atoms.